The van der Waals surface area contributed by atoms with Crippen molar-refractivity contribution in [3.05, 3.63) is 34.7 Å². The Morgan fingerprint density at radius 2 is 1.80 bits per heavy atom. The van der Waals surface area contributed by atoms with Crippen molar-refractivity contribution < 1.29 is 28.7 Å². The zero-order valence-corrected chi connectivity index (χ0v) is 17.6. The molecule has 3 amide bonds. The van der Waals surface area contributed by atoms with Gasteiger partial charge in [0, 0.05) is 13.1 Å². The monoisotopic (exact) mass is 432 g/mol. The first-order chi connectivity index (χ1) is 14.5. The van der Waals surface area contributed by atoms with Gasteiger partial charge >= 0.3 is 5.97 Å². The zero-order chi connectivity index (χ0) is 21.5. The second kappa shape index (κ2) is 10.3. The summed E-state index contributed by atoms with van der Waals surface area (Å²) in [4.78, 5) is 51.6. The fraction of sp³-hybridized carbons (Fsp3) is 0.429. The Kier molecular flexibility index (Phi) is 7.51. The number of esters is 1. The van der Waals surface area contributed by atoms with Crippen LogP contribution in [0.4, 0.5) is 4.79 Å². The maximum atomic E-state index is 12.6. The van der Waals surface area contributed by atoms with Crippen molar-refractivity contribution in [3.8, 4) is 5.75 Å². The zero-order valence-electron chi connectivity index (χ0n) is 16.8. The highest BCUT2D eigenvalue weighted by atomic mass is 32.2. The van der Waals surface area contributed by atoms with Crippen LogP contribution in [0.2, 0.25) is 0 Å². The largest absolute Gasteiger partial charge is 0.482 e. The lowest BCUT2D eigenvalue weighted by Gasteiger charge is -2.27. The summed E-state index contributed by atoms with van der Waals surface area (Å²) in [5.74, 6) is -0.617. The van der Waals surface area contributed by atoms with E-state index in [4.69, 9.17) is 9.47 Å². The first-order valence-corrected chi connectivity index (χ1v) is 10.7. The highest BCUT2D eigenvalue weighted by Gasteiger charge is 2.37. The van der Waals surface area contributed by atoms with Crippen LogP contribution in [0.5, 0.6) is 5.75 Å². The van der Waals surface area contributed by atoms with Gasteiger partial charge in [0.25, 0.3) is 11.1 Å². The molecule has 0 aromatic heterocycles. The summed E-state index contributed by atoms with van der Waals surface area (Å²) in [5, 5.41) is -0.439. The van der Waals surface area contributed by atoms with Gasteiger partial charge in [-0.15, -0.1) is 0 Å². The molecule has 160 valence electrons. The van der Waals surface area contributed by atoms with Crippen molar-refractivity contribution in [1.82, 2.24) is 9.80 Å². The maximum absolute atomic E-state index is 12.6. The SMILES string of the molecule is CCOC(=O)COc1ccc(/C=C2\SC(=O)N(CC(=O)N3CCCCC3)C2=O)cc1. The molecule has 1 aromatic rings. The van der Waals surface area contributed by atoms with Crippen LogP contribution in [0.1, 0.15) is 31.7 Å². The smallest absolute Gasteiger partial charge is 0.344 e. The van der Waals surface area contributed by atoms with Crippen molar-refractivity contribution in [3.63, 3.8) is 0 Å². The Morgan fingerprint density at radius 3 is 2.47 bits per heavy atom. The van der Waals surface area contributed by atoms with E-state index in [1.807, 2.05) is 0 Å². The molecular formula is C21H24N2O6S. The number of likely N-dealkylation sites (tertiary alicyclic amines) is 1. The Bertz CT molecular complexity index is 846. The van der Waals surface area contributed by atoms with Crippen LogP contribution >= 0.6 is 11.8 Å². The molecule has 0 atom stereocenters. The summed E-state index contributed by atoms with van der Waals surface area (Å²) >= 11 is 0.824. The summed E-state index contributed by atoms with van der Waals surface area (Å²) in [6.07, 6.45) is 4.60. The van der Waals surface area contributed by atoms with Crippen LogP contribution in [-0.2, 0) is 19.1 Å². The second-order valence-corrected chi connectivity index (χ2v) is 7.87. The average molecular weight is 432 g/mol. The molecule has 9 heteroatoms. The molecule has 0 N–H and O–H groups in total. The van der Waals surface area contributed by atoms with Gasteiger partial charge in [0.05, 0.1) is 11.5 Å². The summed E-state index contributed by atoms with van der Waals surface area (Å²) in [7, 11) is 0. The van der Waals surface area contributed by atoms with Crippen molar-refractivity contribution in [1.29, 1.82) is 0 Å². The predicted molar refractivity (Wildman–Crippen MR) is 112 cm³/mol. The molecule has 3 rings (SSSR count). The van der Waals surface area contributed by atoms with Gasteiger partial charge in [0.15, 0.2) is 6.61 Å². The summed E-state index contributed by atoms with van der Waals surface area (Å²) in [6, 6.07) is 6.76. The summed E-state index contributed by atoms with van der Waals surface area (Å²) in [5.41, 5.74) is 0.700. The van der Waals surface area contributed by atoms with Crippen molar-refractivity contribution in [2.45, 2.75) is 26.2 Å². The van der Waals surface area contributed by atoms with E-state index < -0.39 is 17.1 Å². The van der Waals surface area contributed by atoms with Crippen LogP contribution in [-0.4, -0.2) is 65.7 Å². The van der Waals surface area contributed by atoms with Gasteiger partial charge < -0.3 is 14.4 Å². The molecule has 0 aliphatic carbocycles. The number of ether oxygens (including phenoxy) is 2. The quantitative estimate of drug-likeness (QED) is 0.483. The van der Waals surface area contributed by atoms with E-state index in [9.17, 15) is 19.2 Å². The van der Waals surface area contributed by atoms with Gasteiger partial charge in [-0.2, -0.15) is 0 Å². The van der Waals surface area contributed by atoms with E-state index in [1.54, 1.807) is 42.2 Å². The maximum Gasteiger partial charge on any atom is 0.344 e. The molecule has 1 aromatic carbocycles. The predicted octanol–water partition coefficient (Wildman–Crippen LogP) is 2.68. The Labute approximate surface area is 179 Å². The third-order valence-corrected chi connectivity index (χ3v) is 5.62. The molecule has 0 unspecified atom stereocenters. The third kappa shape index (κ3) is 5.63. The molecular weight excluding hydrogens is 408 g/mol. The number of hydrogen-bond donors (Lipinski definition) is 0. The molecule has 0 bridgehead atoms. The van der Waals surface area contributed by atoms with Gasteiger partial charge in [-0.25, -0.2) is 4.79 Å². The Morgan fingerprint density at radius 1 is 1.10 bits per heavy atom. The Hall–Kier alpha value is -2.81. The molecule has 30 heavy (non-hydrogen) atoms. The number of benzene rings is 1. The molecule has 2 saturated heterocycles. The highest BCUT2D eigenvalue weighted by molar-refractivity contribution is 8.18. The molecule has 0 saturated carbocycles. The van der Waals surface area contributed by atoms with Gasteiger partial charge in [-0.3, -0.25) is 19.3 Å². The van der Waals surface area contributed by atoms with Crippen LogP contribution in [0.3, 0.4) is 0 Å². The normalized spacial score (nSPS) is 18.1. The fourth-order valence-electron chi connectivity index (χ4n) is 3.17. The summed E-state index contributed by atoms with van der Waals surface area (Å²) in [6.45, 7) is 2.96. The highest BCUT2D eigenvalue weighted by Crippen LogP contribution is 2.32. The number of thioether (sulfide) groups is 1. The average Bonchev–Trinajstić information content (AvgIpc) is 3.01. The van der Waals surface area contributed by atoms with Crippen LogP contribution < -0.4 is 4.74 Å². The number of carbonyl (C=O) groups excluding carboxylic acids is 4. The van der Waals surface area contributed by atoms with E-state index in [0.717, 1.165) is 35.9 Å². The minimum Gasteiger partial charge on any atom is -0.482 e. The van der Waals surface area contributed by atoms with Crippen LogP contribution in [0.15, 0.2) is 29.2 Å². The topological polar surface area (TPSA) is 93.2 Å². The minimum atomic E-state index is -0.460. The lowest BCUT2D eigenvalue weighted by atomic mass is 10.1. The van der Waals surface area contributed by atoms with Crippen molar-refractivity contribution in [2.24, 2.45) is 0 Å². The number of piperidine rings is 1. The van der Waals surface area contributed by atoms with Crippen molar-refractivity contribution >= 4 is 40.9 Å². The van der Waals surface area contributed by atoms with E-state index in [2.05, 4.69) is 0 Å². The number of imide groups is 1. The van der Waals surface area contributed by atoms with Gasteiger partial charge in [0.2, 0.25) is 5.91 Å². The molecule has 0 radical (unpaired) electrons. The van der Waals surface area contributed by atoms with Gasteiger partial charge in [-0.05, 0) is 61.7 Å². The second-order valence-electron chi connectivity index (χ2n) is 6.87. The van der Waals surface area contributed by atoms with Gasteiger partial charge in [-0.1, -0.05) is 12.1 Å². The molecule has 2 aliphatic heterocycles. The third-order valence-electron chi connectivity index (χ3n) is 4.72. The van der Waals surface area contributed by atoms with Crippen LogP contribution in [0, 0.1) is 0 Å². The van der Waals surface area contributed by atoms with Gasteiger partial charge in [0.1, 0.15) is 12.3 Å². The molecule has 2 fully saturated rings. The van der Waals surface area contributed by atoms with E-state index in [1.165, 1.54) is 0 Å². The Balaban J connectivity index is 1.59. The fourth-order valence-corrected chi connectivity index (χ4v) is 4.01. The molecule has 8 nitrogen and oxygen atoms in total. The molecule has 2 aliphatic rings. The number of nitrogens with zero attached hydrogens (tertiary/aromatic N) is 2. The number of amides is 3. The lowest BCUT2D eigenvalue weighted by Crippen LogP contribution is -2.44. The van der Waals surface area contributed by atoms with E-state index in [0.29, 0.717) is 31.0 Å². The standard InChI is InChI=1S/C21H24N2O6S/c1-2-28-19(25)14-29-16-8-6-15(7-9-16)12-17-20(26)23(21(27)30-17)13-18(24)22-10-4-3-5-11-22/h6-9,12H,2-5,10-11,13-14H2,1H3/b17-12-. The first kappa shape index (κ1) is 21.9. The van der Waals surface area contributed by atoms with E-state index >= 15 is 0 Å². The first-order valence-electron chi connectivity index (χ1n) is 9.89. The van der Waals surface area contributed by atoms with E-state index in [-0.39, 0.29) is 24.0 Å². The number of hydrogen-bond acceptors (Lipinski definition) is 7. The number of carbonyl (C=O) groups is 4. The summed E-state index contributed by atoms with van der Waals surface area (Å²) < 4.78 is 10.1. The molecule has 2 heterocycles. The van der Waals surface area contributed by atoms with Crippen LogP contribution in [0.25, 0.3) is 6.08 Å². The van der Waals surface area contributed by atoms with Crippen molar-refractivity contribution in [2.75, 3.05) is 32.8 Å². The molecule has 0 spiro atoms. The lowest BCUT2D eigenvalue weighted by molar-refractivity contribution is -0.145. The number of rotatable bonds is 7. The minimum absolute atomic E-state index is 0.183.